The largest absolute Gasteiger partial charge is 0.466 e. The average Bonchev–Trinajstić information content (AvgIpc) is 2.09. The van der Waals surface area contributed by atoms with Crippen LogP contribution in [0.2, 0.25) is 0 Å². The van der Waals surface area contributed by atoms with Crippen molar-refractivity contribution in [3.05, 3.63) is 0 Å². The normalized spacial score (nSPS) is 28.0. The van der Waals surface area contributed by atoms with Gasteiger partial charge >= 0.3 is 5.97 Å². The third-order valence-corrected chi connectivity index (χ3v) is 3.79. The molecule has 0 aromatic carbocycles. The van der Waals surface area contributed by atoms with Gasteiger partial charge in [0.05, 0.1) is 12.0 Å². The minimum absolute atomic E-state index is 0.0961. The number of alkyl halides is 2. The van der Waals surface area contributed by atoms with E-state index in [9.17, 15) is 13.6 Å². The number of hydrogen-bond acceptors (Lipinski definition) is 3. The first-order chi connectivity index (χ1) is 7.37. The number of nitrogens with two attached hydrogens (primary N) is 1. The molecule has 0 heterocycles. The van der Waals surface area contributed by atoms with Gasteiger partial charge in [0, 0.05) is 19.4 Å². The van der Waals surface area contributed by atoms with Crippen molar-refractivity contribution in [3.63, 3.8) is 0 Å². The lowest BCUT2D eigenvalue weighted by Gasteiger charge is -2.61. The van der Waals surface area contributed by atoms with Crippen molar-refractivity contribution in [2.45, 2.75) is 38.5 Å². The Bertz CT molecular complexity index is 301. The molecule has 2 fully saturated rings. The van der Waals surface area contributed by atoms with Crippen molar-refractivity contribution in [2.75, 3.05) is 13.2 Å². The van der Waals surface area contributed by atoms with E-state index in [1.54, 1.807) is 6.92 Å². The second-order valence-corrected chi connectivity index (χ2v) is 5.27. The van der Waals surface area contributed by atoms with Gasteiger partial charge in [-0.3, -0.25) is 4.79 Å². The molecule has 0 aliphatic heterocycles. The fourth-order valence-corrected chi connectivity index (χ4v) is 3.34. The fourth-order valence-electron chi connectivity index (χ4n) is 3.34. The Morgan fingerprint density at radius 3 is 2.25 bits per heavy atom. The highest BCUT2D eigenvalue weighted by molar-refractivity contribution is 5.79. The fraction of sp³-hybridized carbons (Fsp3) is 0.909. The van der Waals surface area contributed by atoms with Gasteiger partial charge in [-0.25, -0.2) is 8.78 Å². The van der Waals surface area contributed by atoms with Gasteiger partial charge in [0.15, 0.2) is 0 Å². The highest BCUT2D eigenvalue weighted by Crippen LogP contribution is 2.68. The summed E-state index contributed by atoms with van der Waals surface area (Å²) in [5, 5.41) is 0. The maximum atomic E-state index is 12.8. The van der Waals surface area contributed by atoms with Crippen LogP contribution in [0.3, 0.4) is 0 Å². The quantitative estimate of drug-likeness (QED) is 0.755. The van der Waals surface area contributed by atoms with Gasteiger partial charge in [0.25, 0.3) is 0 Å². The van der Waals surface area contributed by atoms with Crippen LogP contribution >= 0.6 is 0 Å². The summed E-state index contributed by atoms with van der Waals surface area (Å²) in [5.74, 6) is -2.85. The van der Waals surface area contributed by atoms with Crippen molar-refractivity contribution in [1.82, 2.24) is 0 Å². The van der Waals surface area contributed by atoms with Crippen molar-refractivity contribution in [3.8, 4) is 0 Å². The lowest BCUT2D eigenvalue weighted by Crippen LogP contribution is -2.63. The van der Waals surface area contributed by atoms with Crippen LogP contribution < -0.4 is 5.73 Å². The zero-order valence-corrected chi connectivity index (χ0v) is 9.39. The molecule has 0 aromatic heterocycles. The van der Waals surface area contributed by atoms with Gasteiger partial charge in [-0.05, 0) is 25.2 Å². The number of carbonyl (C=O) groups excluding carboxylic acids is 1. The summed E-state index contributed by atoms with van der Waals surface area (Å²) in [7, 11) is 0. The monoisotopic (exact) mass is 233 g/mol. The number of ether oxygens (including phenoxy) is 1. The Labute approximate surface area is 93.3 Å². The van der Waals surface area contributed by atoms with Crippen LogP contribution in [0.4, 0.5) is 8.78 Å². The molecule has 3 nitrogen and oxygen atoms in total. The third kappa shape index (κ3) is 1.61. The molecule has 92 valence electrons. The van der Waals surface area contributed by atoms with Crippen molar-refractivity contribution in [1.29, 1.82) is 0 Å². The van der Waals surface area contributed by atoms with E-state index in [4.69, 9.17) is 10.5 Å². The van der Waals surface area contributed by atoms with Crippen molar-refractivity contribution >= 4 is 5.97 Å². The molecule has 2 aliphatic rings. The number of carbonyl (C=O) groups is 1. The van der Waals surface area contributed by atoms with E-state index >= 15 is 0 Å². The summed E-state index contributed by atoms with van der Waals surface area (Å²) in [6, 6.07) is 0. The van der Waals surface area contributed by atoms with E-state index in [0.717, 1.165) is 0 Å². The third-order valence-electron chi connectivity index (χ3n) is 3.79. The van der Waals surface area contributed by atoms with E-state index in [2.05, 4.69) is 0 Å². The van der Waals surface area contributed by atoms with E-state index in [-0.39, 0.29) is 30.8 Å². The summed E-state index contributed by atoms with van der Waals surface area (Å²) in [5.41, 5.74) is 4.55. The molecule has 0 amide bonds. The predicted octanol–water partition coefficient (Wildman–Crippen LogP) is 1.70. The topological polar surface area (TPSA) is 52.3 Å². The summed E-state index contributed by atoms with van der Waals surface area (Å²) < 4.78 is 30.6. The zero-order chi connectivity index (χ0) is 12.0. The molecule has 5 heteroatoms. The summed E-state index contributed by atoms with van der Waals surface area (Å²) in [6.07, 6.45) is 0.734. The van der Waals surface area contributed by atoms with Crippen LogP contribution in [0, 0.1) is 10.8 Å². The van der Waals surface area contributed by atoms with E-state index < -0.39 is 11.3 Å². The SMILES string of the molecule is CCOC(=O)C1(CN)CC2(CC(F)(F)C2)C1. The highest BCUT2D eigenvalue weighted by Gasteiger charge is 2.68. The van der Waals surface area contributed by atoms with Gasteiger partial charge in [0.1, 0.15) is 0 Å². The van der Waals surface area contributed by atoms with Gasteiger partial charge in [-0.1, -0.05) is 0 Å². The Kier molecular flexibility index (Phi) is 2.49. The van der Waals surface area contributed by atoms with Crippen LogP contribution in [-0.4, -0.2) is 25.0 Å². The second kappa shape index (κ2) is 3.39. The van der Waals surface area contributed by atoms with E-state index in [1.165, 1.54) is 0 Å². The number of hydrogen-bond donors (Lipinski definition) is 1. The van der Waals surface area contributed by atoms with Gasteiger partial charge in [0.2, 0.25) is 5.92 Å². The Hall–Kier alpha value is -0.710. The molecule has 0 radical (unpaired) electrons. The summed E-state index contributed by atoms with van der Waals surface area (Å²) in [4.78, 5) is 11.7. The molecule has 0 unspecified atom stereocenters. The first kappa shape index (κ1) is 11.8. The average molecular weight is 233 g/mol. The van der Waals surface area contributed by atoms with E-state index in [1.807, 2.05) is 0 Å². The molecule has 0 bridgehead atoms. The lowest BCUT2D eigenvalue weighted by molar-refractivity contribution is -0.235. The molecular weight excluding hydrogens is 216 g/mol. The Morgan fingerprint density at radius 2 is 1.88 bits per heavy atom. The molecule has 2 saturated carbocycles. The second-order valence-electron chi connectivity index (χ2n) is 5.27. The number of esters is 1. The highest BCUT2D eigenvalue weighted by atomic mass is 19.3. The van der Waals surface area contributed by atoms with Crippen LogP contribution in [-0.2, 0) is 9.53 Å². The maximum absolute atomic E-state index is 12.8. The van der Waals surface area contributed by atoms with Crippen LogP contribution in [0.1, 0.15) is 32.6 Å². The van der Waals surface area contributed by atoms with Crippen LogP contribution in [0.15, 0.2) is 0 Å². The van der Waals surface area contributed by atoms with Crippen LogP contribution in [0.25, 0.3) is 0 Å². The smallest absolute Gasteiger partial charge is 0.313 e. The van der Waals surface area contributed by atoms with Crippen molar-refractivity contribution in [2.24, 2.45) is 16.6 Å². The Morgan fingerprint density at radius 1 is 1.31 bits per heavy atom. The van der Waals surface area contributed by atoms with Gasteiger partial charge < -0.3 is 10.5 Å². The molecule has 2 aliphatic carbocycles. The molecule has 0 saturated heterocycles. The maximum Gasteiger partial charge on any atom is 0.313 e. The zero-order valence-electron chi connectivity index (χ0n) is 9.39. The Balaban J connectivity index is 1.96. The van der Waals surface area contributed by atoms with E-state index in [0.29, 0.717) is 19.4 Å². The molecule has 2 rings (SSSR count). The molecule has 1 spiro atoms. The lowest BCUT2D eigenvalue weighted by atomic mass is 9.44. The van der Waals surface area contributed by atoms with Crippen molar-refractivity contribution < 1.29 is 18.3 Å². The minimum Gasteiger partial charge on any atom is -0.466 e. The first-order valence-electron chi connectivity index (χ1n) is 5.62. The summed E-state index contributed by atoms with van der Waals surface area (Å²) >= 11 is 0. The van der Waals surface area contributed by atoms with Gasteiger partial charge in [-0.15, -0.1) is 0 Å². The summed E-state index contributed by atoms with van der Waals surface area (Å²) in [6.45, 7) is 2.23. The molecule has 16 heavy (non-hydrogen) atoms. The minimum atomic E-state index is -2.53. The molecule has 2 N–H and O–H groups in total. The molecular formula is C11H17F2NO2. The predicted molar refractivity (Wildman–Crippen MR) is 54.0 cm³/mol. The van der Waals surface area contributed by atoms with Gasteiger partial charge in [-0.2, -0.15) is 0 Å². The standard InChI is InChI=1S/C11H17F2NO2/c1-2-16-8(15)10(7-14)3-9(4-10)5-11(12,13)6-9/h2-7,14H2,1H3. The van der Waals surface area contributed by atoms with Crippen LogP contribution in [0.5, 0.6) is 0 Å². The number of rotatable bonds is 3. The molecule has 0 aromatic rings. The molecule has 0 atom stereocenters. The first-order valence-corrected chi connectivity index (χ1v) is 5.62. The number of halogens is 2.